The second-order valence-electron chi connectivity index (χ2n) is 4.42. The van der Waals surface area contributed by atoms with Gasteiger partial charge in [-0.05, 0) is 6.92 Å². The second-order valence-corrected chi connectivity index (χ2v) is 5.74. The van der Waals surface area contributed by atoms with Crippen LogP contribution in [0.1, 0.15) is 16.8 Å². The predicted octanol–water partition coefficient (Wildman–Crippen LogP) is 0.968. The molecule has 7 heteroatoms. The van der Waals surface area contributed by atoms with Gasteiger partial charge in [-0.25, -0.2) is 4.98 Å². The molecule has 0 aliphatic heterocycles. The topological polar surface area (TPSA) is 75.6 Å². The van der Waals surface area contributed by atoms with Gasteiger partial charge in [0.05, 0.1) is 18.0 Å². The summed E-state index contributed by atoms with van der Waals surface area (Å²) in [5, 5.41) is 7.39. The molecule has 0 aliphatic rings. The van der Waals surface area contributed by atoms with E-state index in [0.29, 0.717) is 12.5 Å². The molecule has 0 amide bonds. The Hall–Kier alpha value is -1.63. The van der Waals surface area contributed by atoms with Crippen molar-refractivity contribution in [3.8, 4) is 0 Å². The van der Waals surface area contributed by atoms with E-state index in [1.54, 1.807) is 18.4 Å². The number of thiazole rings is 1. The highest BCUT2D eigenvalue weighted by molar-refractivity contribution is 7.11. The summed E-state index contributed by atoms with van der Waals surface area (Å²) >= 11 is 1.70. The van der Waals surface area contributed by atoms with Gasteiger partial charge in [0, 0.05) is 37.6 Å². The highest BCUT2D eigenvalue weighted by Gasteiger charge is 2.13. The Morgan fingerprint density at radius 1 is 1.55 bits per heavy atom. The number of esters is 1. The molecule has 112 valence electrons. The van der Waals surface area contributed by atoms with Crippen LogP contribution in [0, 0.1) is 12.8 Å². The zero-order valence-electron chi connectivity index (χ0n) is 12.4. The molecule has 0 spiro atoms. The number of aryl methyl sites for hydroxylation is 1. The van der Waals surface area contributed by atoms with Crippen LogP contribution >= 0.6 is 11.3 Å². The summed E-state index contributed by atoms with van der Waals surface area (Å²) in [7, 11) is 3.09. The van der Waals surface area contributed by atoms with E-state index in [9.17, 15) is 4.79 Å². The maximum absolute atomic E-state index is 11.3. The molecule has 1 heterocycles. The van der Waals surface area contributed by atoms with Gasteiger partial charge in [-0.3, -0.25) is 9.79 Å². The highest BCUT2D eigenvalue weighted by atomic mass is 32.1. The number of ether oxygens (including phenoxy) is 1. The van der Waals surface area contributed by atoms with Crippen LogP contribution in [-0.2, 0) is 16.0 Å². The molecule has 0 radical (unpaired) electrons. The van der Waals surface area contributed by atoms with Crippen LogP contribution < -0.4 is 10.6 Å². The van der Waals surface area contributed by atoms with Crippen molar-refractivity contribution in [2.75, 3.05) is 27.2 Å². The molecule has 1 unspecified atom stereocenters. The zero-order chi connectivity index (χ0) is 15.0. The first-order chi connectivity index (χ1) is 9.56. The summed E-state index contributed by atoms with van der Waals surface area (Å²) in [5.41, 5.74) is 0. The lowest BCUT2D eigenvalue weighted by Crippen LogP contribution is -2.41. The molecular weight excluding hydrogens is 276 g/mol. The van der Waals surface area contributed by atoms with Crippen LogP contribution in [0.3, 0.4) is 0 Å². The lowest BCUT2D eigenvalue weighted by atomic mass is 10.2. The first-order valence-electron chi connectivity index (χ1n) is 6.50. The summed E-state index contributed by atoms with van der Waals surface area (Å²) in [4.78, 5) is 20.9. The Labute approximate surface area is 123 Å². The van der Waals surface area contributed by atoms with Crippen molar-refractivity contribution < 1.29 is 9.53 Å². The van der Waals surface area contributed by atoms with Crippen LogP contribution in [0.25, 0.3) is 0 Å². The minimum absolute atomic E-state index is 0.208. The second kappa shape index (κ2) is 8.52. The molecular formula is C13H22N4O2S. The maximum atomic E-state index is 11.3. The number of aliphatic imine (C=N–C) groups is 1. The molecule has 2 N–H and O–H groups in total. The normalized spacial score (nSPS) is 12.9. The molecule has 1 rings (SSSR count). The smallest absolute Gasteiger partial charge is 0.310 e. The maximum Gasteiger partial charge on any atom is 0.310 e. The van der Waals surface area contributed by atoms with Crippen LogP contribution in [0.4, 0.5) is 0 Å². The summed E-state index contributed by atoms with van der Waals surface area (Å²) in [6.45, 7) is 5.09. The summed E-state index contributed by atoms with van der Waals surface area (Å²) in [6.07, 6.45) is 2.73. The van der Waals surface area contributed by atoms with Crippen LogP contribution in [0.2, 0.25) is 0 Å². The van der Waals surface area contributed by atoms with Crippen molar-refractivity contribution in [2.45, 2.75) is 20.3 Å². The fourth-order valence-corrected chi connectivity index (χ4v) is 2.35. The fraction of sp³-hybridized carbons (Fsp3) is 0.615. The van der Waals surface area contributed by atoms with Crippen molar-refractivity contribution in [3.05, 3.63) is 16.1 Å². The van der Waals surface area contributed by atoms with Crippen molar-refractivity contribution in [2.24, 2.45) is 10.9 Å². The third kappa shape index (κ3) is 5.56. The molecule has 20 heavy (non-hydrogen) atoms. The van der Waals surface area contributed by atoms with E-state index in [4.69, 9.17) is 0 Å². The van der Waals surface area contributed by atoms with Crippen molar-refractivity contribution in [1.29, 1.82) is 0 Å². The first-order valence-corrected chi connectivity index (χ1v) is 7.32. The van der Waals surface area contributed by atoms with Gasteiger partial charge in [0.15, 0.2) is 5.96 Å². The van der Waals surface area contributed by atoms with Crippen molar-refractivity contribution >= 4 is 23.3 Å². The van der Waals surface area contributed by atoms with Gasteiger partial charge in [0.2, 0.25) is 0 Å². The largest absolute Gasteiger partial charge is 0.469 e. The average Bonchev–Trinajstić information content (AvgIpc) is 2.86. The van der Waals surface area contributed by atoms with E-state index in [1.165, 1.54) is 12.0 Å². The van der Waals surface area contributed by atoms with Crippen LogP contribution in [0.15, 0.2) is 11.2 Å². The molecule has 0 aromatic carbocycles. The first kappa shape index (κ1) is 16.4. The Kier molecular flexibility index (Phi) is 7.00. The Bertz CT molecular complexity index is 459. The van der Waals surface area contributed by atoms with E-state index >= 15 is 0 Å². The average molecular weight is 298 g/mol. The van der Waals surface area contributed by atoms with Gasteiger partial charge in [-0.1, -0.05) is 6.92 Å². The fourth-order valence-electron chi connectivity index (χ4n) is 1.56. The highest BCUT2D eigenvalue weighted by Crippen LogP contribution is 2.10. The van der Waals surface area contributed by atoms with Gasteiger partial charge >= 0.3 is 5.97 Å². The summed E-state index contributed by atoms with van der Waals surface area (Å²) < 4.78 is 4.67. The number of aromatic nitrogens is 1. The number of rotatable bonds is 6. The lowest BCUT2D eigenvalue weighted by molar-refractivity contribution is -0.144. The number of guanidine groups is 1. The SMILES string of the molecule is CN=C(NCCc1ncc(C)s1)NCC(C)C(=O)OC. The van der Waals surface area contributed by atoms with E-state index in [2.05, 4.69) is 25.3 Å². The lowest BCUT2D eigenvalue weighted by Gasteiger charge is -2.14. The number of carbonyl (C=O) groups is 1. The number of carbonyl (C=O) groups excluding carboxylic acids is 1. The quantitative estimate of drug-likeness (QED) is 0.465. The van der Waals surface area contributed by atoms with Gasteiger partial charge in [0.1, 0.15) is 0 Å². The van der Waals surface area contributed by atoms with E-state index in [-0.39, 0.29) is 11.9 Å². The van der Waals surface area contributed by atoms with Gasteiger partial charge < -0.3 is 15.4 Å². The molecule has 1 atom stereocenters. The van der Waals surface area contributed by atoms with E-state index in [0.717, 1.165) is 18.0 Å². The molecule has 6 nitrogen and oxygen atoms in total. The molecule has 1 aromatic rings. The van der Waals surface area contributed by atoms with Gasteiger partial charge in [-0.2, -0.15) is 0 Å². The summed E-state index contributed by atoms with van der Waals surface area (Å²) in [6, 6.07) is 0. The molecule has 0 aliphatic carbocycles. The Morgan fingerprint density at radius 3 is 2.85 bits per heavy atom. The van der Waals surface area contributed by atoms with Gasteiger partial charge in [0.25, 0.3) is 0 Å². The van der Waals surface area contributed by atoms with Crippen LogP contribution in [-0.4, -0.2) is 44.2 Å². The van der Waals surface area contributed by atoms with Gasteiger partial charge in [-0.15, -0.1) is 11.3 Å². The summed E-state index contributed by atoms with van der Waals surface area (Å²) in [5.74, 6) is 0.236. The zero-order valence-corrected chi connectivity index (χ0v) is 13.2. The number of nitrogens with zero attached hydrogens (tertiary/aromatic N) is 2. The molecule has 0 bridgehead atoms. The number of methoxy groups -OCH3 is 1. The standard InChI is InChI=1S/C13H22N4O2S/c1-9(12(18)19-4)7-17-13(14-3)15-6-5-11-16-8-10(2)20-11/h8-9H,5-7H2,1-4H3,(H2,14,15,17). The molecule has 0 saturated heterocycles. The Morgan fingerprint density at radius 2 is 2.30 bits per heavy atom. The Balaban J connectivity index is 2.28. The third-order valence-electron chi connectivity index (χ3n) is 2.70. The molecule has 1 aromatic heterocycles. The van der Waals surface area contributed by atoms with E-state index < -0.39 is 0 Å². The van der Waals surface area contributed by atoms with Crippen molar-refractivity contribution in [3.63, 3.8) is 0 Å². The molecule has 0 fully saturated rings. The van der Waals surface area contributed by atoms with E-state index in [1.807, 2.05) is 20.0 Å². The molecule has 0 saturated carbocycles. The number of nitrogens with one attached hydrogen (secondary N) is 2. The minimum atomic E-state index is -0.230. The predicted molar refractivity (Wildman–Crippen MR) is 81.1 cm³/mol. The number of hydrogen-bond donors (Lipinski definition) is 2. The monoisotopic (exact) mass is 298 g/mol. The van der Waals surface area contributed by atoms with Crippen LogP contribution in [0.5, 0.6) is 0 Å². The minimum Gasteiger partial charge on any atom is -0.469 e. The third-order valence-corrected chi connectivity index (χ3v) is 3.68. The van der Waals surface area contributed by atoms with Crippen molar-refractivity contribution in [1.82, 2.24) is 15.6 Å². The number of hydrogen-bond acceptors (Lipinski definition) is 5.